The summed E-state index contributed by atoms with van der Waals surface area (Å²) in [5.41, 5.74) is 1.00. The Morgan fingerprint density at radius 3 is 2.84 bits per heavy atom. The van der Waals surface area contributed by atoms with E-state index in [-0.39, 0.29) is 24.5 Å². The molecule has 2 fully saturated rings. The third-order valence-corrected chi connectivity index (χ3v) is 5.71. The number of aliphatic hydroxyl groups is 2. The first-order valence-electron chi connectivity index (χ1n) is 9.79. The van der Waals surface area contributed by atoms with E-state index >= 15 is 0 Å². The molecule has 2 aliphatic rings. The average molecular weight is 355 g/mol. The van der Waals surface area contributed by atoms with Crippen LogP contribution in [0.4, 0.5) is 0 Å². The number of aliphatic carboxylic acids is 1. The Bertz CT molecular complexity index is 453. The number of carbonyl (C=O) groups is 1. The summed E-state index contributed by atoms with van der Waals surface area (Å²) in [5.74, 6) is 0.200. The minimum absolute atomic E-state index is 0.0955. The number of hydrogen-bond acceptors (Lipinski definition) is 5. The van der Waals surface area contributed by atoms with Gasteiger partial charge in [0.2, 0.25) is 0 Å². The van der Waals surface area contributed by atoms with Crippen LogP contribution in [0.25, 0.3) is 0 Å². The van der Waals surface area contributed by atoms with Crippen LogP contribution in [0.1, 0.15) is 71.1 Å². The summed E-state index contributed by atoms with van der Waals surface area (Å²) in [6, 6.07) is 0. The van der Waals surface area contributed by atoms with Crippen LogP contribution in [0.5, 0.6) is 0 Å². The standard InChI is InChI=1S/C19H33NO5/c1-2-3-4-6-13(21)8-9-14-15-11-17(16(15)12-18(14)22)20-25-10-5-7-19(23)24/h13-16,18,21-22H,2-12H2,1H3,(H,23,24). The number of carboxylic acids is 1. The molecule has 0 radical (unpaired) electrons. The van der Waals surface area contributed by atoms with Gasteiger partial charge in [-0.1, -0.05) is 31.3 Å². The minimum atomic E-state index is -0.821. The van der Waals surface area contributed by atoms with Gasteiger partial charge in [0.25, 0.3) is 0 Å². The van der Waals surface area contributed by atoms with Gasteiger partial charge in [-0.05, 0) is 50.4 Å². The lowest BCUT2D eigenvalue weighted by Crippen LogP contribution is -2.37. The van der Waals surface area contributed by atoms with Gasteiger partial charge in [-0.2, -0.15) is 0 Å². The van der Waals surface area contributed by atoms with E-state index in [9.17, 15) is 15.0 Å². The van der Waals surface area contributed by atoms with E-state index in [0.717, 1.165) is 50.7 Å². The molecular formula is C19H33NO5. The topological polar surface area (TPSA) is 99.4 Å². The van der Waals surface area contributed by atoms with Crippen molar-refractivity contribution in [3.63, 3.8) is 0 Å². The highest BCUT2D eigenvalue weighted by atomic mass is 16.6. The van der Waals surface area contributed by atoms with Gasteiger partial charge < -0.3 is 20.2 Å². The molecule has 2 rings (SSSR count). The second-order valence-corrected chi connectivity index (χ2v) is 7.58. The van der Waals surface area contributed by atoms with Crippen molar-refractivity contribution in [2.45, 2.75) is 83.3 Å². The fourth-order valence-electron chi connectivity index (χ4n) is 4.19. The van der Waals surface area contributed by atoms with E-state index in [1.54, 1.807) is 0 Å². The van der Waals surface area contributed by atoms with Crippen molar-refractivity contribution in [3.8, 4) is 0 Å². The third kappa shape index (κ3) is 5.96. The molecule has 0 spiro atoms. The lowest BCUT2D eigenvalue weighted by atomic mass is 9.70. The molecule has 0 saturated heterocycles. The zero-order valence-corrected chi connectivity index (χ0v) is 15.3. The highest BCUT2D eigenvalue weighted by Gasteiger charge is 2.51. The quantitative estimate of drug-likeness (QED) is 0.369. The summed E-state index contributed by atoms with van der Waals surface area (Å²) in [7, 11) is 0. The molecule has 0 heterocycles. The van der Waals surface area contributed by atoms with Crippen molar-refractivity contribution in [3.05, 3.63) is 0 Å². The molecule has 25 heavy (non-hydrogen) atoms. The van der Waals surface area contributed by atoms with Crippen LogP contribution >= 0.6 is 0 Å². The Morgan fingerprint density at radius 1 is 1.32 bits per heavy atom. The fourth-order valence-corrected chi connectivity index (χ4v) is 4.19. The molecular weight excluding hydrogens is 322 g/mol. The van der Waals surface area contributed by atoms with Gasteiger partial charge >= 0.3 is 5.97 Å². The van der Waals surface area contributed by atoms with Crippen molar-refractivity contribution < 1.29 is 25.0 Å². The first-order valence-corrected chi connectivity index (χ1v) is 9.79. The molecule has 2 aliphatic carbocycles. The maximum Gasteiger partial charge on any atom is 0.303 e. The molecule has 6 nitrogen and oxygen atoms in total. The van der Waals surface area contributed by atoms with Crippen LogP contribution in [-0.4, -0.2) is 45.8 Å². The van der Waals surface area contributed by atoms with Gasteiger partial charge in [-0.25, -0.2) is 0 Å². The van der Waals surface area contributed by atoms with Crippen molar-refractivity contribution in [2.24, 2.45) is 22.9 Å². The van der Waals surface area contributed by atoms with E-state index in [0.29, 0.717) is 24.9 Å². The van der Waals surface area contributed by atoms with E-state index in [1.807, 2.05) is 0 Å². The Kier molecular flexibility index (Phi) is 8.16. The van der Waals surface area contributed by atoms with Gasteiger partial charge in [0.05, 0.1) is 17.9 Å². The molecule has 3 N–H and O–H groups in total. The summed E-state index contributed by atoms with van der Waals surface area (Å²) >= 11 is 0. The van der Waals surface area contributed by atoms with Crippen molar-refractivity contribution >= 4 is 11.7 Å². The van der Waals surface area contributed by atoms with Crippen LogP contribution in [0.15, 0.2) is 5.16 Å². The van der Waals surface area contributed by atoms with Crippen LogP contribution < -0.4 is 0 Å². The molecule has 144 valence electrons. The second kappa shape index (κ2) is 10.1. The van der Waals surface area contributed by atoms with Gasteiger partial charge in [-0.3, -0.25) is 4.79 Å². The number of aliphatic hydroxyl groups excluding tert-OH is 2. The van der Waals surface area contributed by atoms with Crippen LogP contribution in [0.3, 0.4) is 0 Å². The zero-order chi connectivity index (χ0) is 18.2. The monoisotopic (exact) mass is 355 g/mol. The number of fused-ring (bicyclic) bond motifs is 1. The number of hydrogen-bond donors (Lipinski definition) is 3. The molecule has 2 saturated carbocycles. The zero-order valence-electron chi connectivity index (χ0n) is 15.3. The van der Waals surface area contributed by atoms with Gasteiger partial charge in [0.1, 0.15) is 6.61 Å². The predicted octanol–water partition coefficient (Wildman–Crippen LogP) is 2.96. The van der Waals surface area contributed by atoms with Crippen molar-refractivity contribution in [1.82, 2.24) is 0 Å². The summed E-state index contributed by atoms with van der Waals surface area (Å²) in [6.45, 7) is 2.48. The van der Waals surface area contributed by atoms with Gasteiger partial charge in [0.15, 0.2) is 0 Å². The molecule has 6 heteroatoms. The number of nitrogens with zero attached hydrogens (tertiary/aromatic N) is 1. The SMILES string of the molecule is CCCCCC(O)CCC1C(O)CC2C(=NOCCCC(=O)O)CC21. The van der Waals surface area contributed by atoms with Gasteiger partial charge in [-0.15, -0.1) is 0 Å². The summed E-state index contributed by atoms with van der Waals surface area (Å²) in [6.07, 6.45) is 7.51. The molecule has 0 aromatic heterocycles. The minimum Gasteiger partial charge on any atom is -0.481 e. The molecule has 5 unspecified atom stereocenters. The van der Waals surface area contributed by atoms with Crippen LogP contribution in [-0.2, 0) is 9.63 Å². The Labute approximate surface area is 150 Å². The Hall–Kier alpha value is -1.14. The second-order valence-electron chi connectivity index (χ2n) is 7.58. The number of unbranched alkanes of at least 4 members (excludes halogenated alkanes) is 2. The maximum absolute atomic E-state index is 10.4. The van der Waals surface area contributed by atoms with E-state index in [1.165, 1.54) is 6.42 Å². The highest BCUT2D eigenvalue weighted by molar-refractivity contribution is 5.93. The third-order valence-electron chi connectivity index (χ3n) is 5.71. The van der Waals surface area contributed by atoms with E-state index < -0.39 is 5.97 Å². The van der Waals surface area contributed by atoms with Gasteiger partial charge in [0, 0.05) is 12.3 Å². The highest BCUT2D eigenvalue weighted by Crippen LogP contribution is 2.50. The maximum atomic E-state index is 10.4. The molecule has 5 atom stereocenters. The van der Waals surface area contributed by atoms with Crippen LogP contribution in [0.2, 0.25) is 0 Å². The normalized spacial score (nSPS) is 30.8. The van der Waals surface area contributed by atoms with Crippen molar-refractivity contribution in [2.75, 3.05) is 6.61 Å². The van der Waals surface area contributed by atoms with Crippen LogP contribution in [0, 0.1) is 17.8 Å². The molecule has 0 aliphatic heterocycles. The smallest absolute Gasteiger partial charge is 0.303 e. The number of carboxylic acid groups (broad SMARTS) is 1. The summed E-state index contributed by atoms with van der Waals surface area (Å²) in [5, 5.41) is 33.1. The Morgan fingerprint density at radius 2 is 2.12 bits per heavy atom. The molecule has 0 amide bonds. The fraction of sp³-hybridized carbons (Fsp3) is 0.895. The molecule has 0 aromatic rings. The first-order chi connectivity index (χ1) is 12.0. The number of rotatable bonds is 12. The molecule has 0 bridgehead atoms. The Balaban J connectivity index is 1.67. The number of oxime groups is 1. The summed E-state index contributed by atoms with van der Waals surface area (Å²) in [4.78, 5) is 15.7. The summed E-state index contributed by atoms with van der Waals surface area (Å²) < 4.78 is 0. The van der Waals surface area contributed by atoms with E-state index in [4.69, 9.17) is 9.94 Å². The lowest BCUT2D eigenvalue weighted by molar-refractivity contribution is -0.137. The van der Waals surface area contributed by atoms with Crippen molar-refractivity contribution in [1.29, 1.82) is 0 Å². The first kappa shape index (κ1) is 20.2. The molecule has 0 aromatic carbocycles. The average Bonchev–Trinajstić information content (AvgIpc) is 2.80. The predicted molar refractivity (Wildman–Crippen MR) is 95.4 cm³/mol. The van der Waals surface area contributed by atoms with E-state index in [2.05, 4.69) is 12.1 Å². The largest absolute Gasteiger partial charge is 0.481 e. The lowest BCUT2D eigenvalue weighted by Gasteiger charge is -2.35.